The van der Waals surface area contributed by atoms with Gasteiger partial charge in [0, 0.05) is 68.2 Å². The van der Waals surface area contributed by atoms with Gasteiger partial charge in [-0.05, 0) is 99.7 Å². The summed E-state index contributed by atoms with van der Waals surface area (Å²) in [5, 5.41) is 16.9. The molecule has 0 bridgehead atoms. The lowest BCUT2D eigenvalue weighted by atomic mass is 9.95. The zero-order valence-corrected chi connectivity index (χ0v) is 44.6. The fourth-order valence-corrected chi connectivity index (χ4v) is 7.30. The van der Waals surface area contributed by atoms with Crippen LogP contribution in [0.4, 0.5) is 5.69 Å². The van der Waals surface area contributed by atoms with Crippen molar-refractivity contribution in [1.82, 2.24) is 15.8 Å². The van der Waals surface area contributed by atoms with Crippen molar-refractivity contribution < 1.29 is 33.8 Å². The first kappa shape index (κ1) is 61.1. The number of para-hydroxylation sites is 1. The average Bonchev–Trinajstić information content (AvgIpc) is 3.49. The molecule has 9 N–H and O–H groups in total. The molecule has 3 aromatic carbocycles. The van der Waals surface area contributed by atoms with Gasteiger partial charge in [-0.2, -0.15) is 5.10 Å². The number of carbonyl (C=O) groups is 4. The van der Waals surface area contributed by atoms with Crippen LogP contribution >= 0.6 is 0 Å². The number of aliphatic hydroxyl groups excluding tert-OH is 1. The third-order valence-electron chi connectivity index (χ3n) is 11.6. The summed E-state index contributed by atoms with van der Waals surface area (Å²) in [6.07, 6.45) is 7.88. The van der Waals surface area contributed by atoms with Crippen LogP contribution in [0.2, 0.25) is 0 Å². The number of aliphatic hydroxyl groups is 1. The average molecular weight is 983 g/mol. The smallest absolute Gasteiger partial charge is 0.227 e. The quantitative estimate of drug-likeness (QED) is 0.0463. The van der Waals surface area contributed by atoms with Gasteiger partial charge in [-0.1, -0.05) is 103 Å². The molecule has 71 heavy (non-hydrogen) atoms. The Morgan fingerprint density at radius 3 is 2.17 bits per heavy atom. The molecular formula is C56H86N8O7. The maximum absolute atomic E-state index is 13.6. The van der Waals surface area contributed by atoms with Gasteiger partial charge in [0.1, 0.15) is 5.75 Å². The van der Waals surface area contributed by atoms with Crippen LogP contribution < -0.4 is 37.7 Å². The van der Waals surface area contributed by atoms with Crippen molar-refractivity contribution in [2.45, 2.75) is 139 Å². The Hall–Kier alpha value is -6.03. The molecule has 0 aromatic heterocycles. The highest BCUT2D eigenvalue weighted by molar-refractivity contribution is 6.03. The summed E-state index contributed by atoms with van der Waals surface area (Å²) < 4.78 is 11.1. The normalized spacial score (nSPS) is 15.1. The number of amides is 3. The number of nitrogens with two attached hydrogens (primary N) is 3. The highest BCUT2D eigenvalue weighted by Crippen LogP contribution is 2.37. The van der Waals surface area contributed by atoms with Gasteiger partial charge >= 0.3 is 0 Å². The minimum atomic E-state index is -0.338. The zero-order valence-electron chi connectivity index (χ0n) is 44.6. The van der Waals surface area contributed by atoms with E-state index in [4.69, 9.17) is 31.9 Å². The van der Waals surface area contributed by atoms with Crippen molar-refractivity contribution in [3.63, 3.8) is 0 Å². The van der Waals surface area contributed by atoms with Gasteiger partial charge < -0.3 is 41.3 Å². The highest BCUT2D eigenvalue weighted by Gasteiger charge is 2.28. The molecular weight excluding hydrogens is 897 g/mol. The summed E-state index contributed by atoms with van der Waals surface area (Å²) in [5.41, 5.74) is 21.5. The Morgan fingerprint density at radius 2 is 1.61 bits per heavy atom. The second-order valence-electron chi connectivity index (χ2n) is 19.3. The monoisotopic (exact) mass is 983 g/mol. The van der Waals surface area contributed by atoms with E-state index in [9.17, 15) is 19.2 Å². The number of primary amides is 1. The van der Waals surface area contributed by atoms with Gasteiger partial charge in [0.05, 0.1) is 48.6 Å². The first-order valence-corrected chi connectivity index (χ1v) is 25.1. The first-order chi connectivity index (χ1) is 33.7. The number of anilines is 1. The number of hydrogen-bond donors (Lipinski definition) is 6. The number of nitrogens with one attached hydrogen (secondary N) is 2. The molecule has 0 spiro atoms. The number of hydrogen-bond acceptors (Lipinski definition) is 12. The van der Waals surface area contributed by atoms with Gasteiger partial charge in [0.25, 0.3) is 0 Å². The van der Waals surface area contributed by atoms with E-state index in [1.54, 1.807) is 18.9 Å². The third-order valence-corrected chi connectivity index (χ3v) is 11.6. The van der Waals surface area contributed by atoms with Crippen molar-refractivity contribution in [2.24, 2.45) is 40.2 Å². The molecule has 3 amide bonds. The van der Waals surface area contributed by atoms with Gasteiger partial charge in [-0.25, -0.2) is 5.84 Å². The predicted molar refractivity (Wildman–Crippen MR) is 288 cm³/mol. The molecule has 0 fully saturated rings. The number of carbonyl (C=O) groups excluding carboxylic acids is 4. The SMILES string of the molecule is CC(C)CC(N)=O.CCC(=O)CN(N)/C1=C(\N)c2ccccc2N(C(=O)CCC(=O)NCCC(C)(C)OCCC(C)C)Cc2ccccc21.CCCCO.COc1ccc(C2=NNC(C)=CCC2C)cc1. The largest absolute Gasteiger partial charge is 0.497 e. The molecule has 0 saturated carbocycles. The number of fused-ring (bicyclic) bond motifs is 2. The fraction of sp³-hybridized carbons (Fsp3) is 0.518. The second-order valence-corrected chi connectivity index (χ2v) is 19.3. The summed E-state index contributed by atoms with van der Waals surface area (Å²) in [7, 11) is 1.68. The molecule has 0 saturated heterocycles. The zero-order chi connectivity index (χ0) is 53.1. The molecule has 2 aliphatic rings. The lowest BCUT2D eigenvalue weighted by Crippen LogP contribution is -2.38. The minimum Gasteiger partial charge on any atom is -0.497 e. The van der Waals surface area contributed by atoms with Crippen LogP contribution in [0.25, 0.3) is 11.4 Å². The molecule has 15 nitrogen and oxygen atoms in total. The van der Waals surface area contributed by atoms with Crippen LogP contribution in [0.15, 0.2) is 89.7 Å². The van der Waals surface area contributed by atoms with Crippen LogP contribution in [-0.4, -0.2) is 78.3 Å². The molecule has 392 valence electrons. The summed E-state index contributed by atoms with van der Waals surface area (Å²) in [6.45, 7) is 22.2. The van der Waals surface area contributed by atoms with Crippen LogP contribution in [0.3, 0.4) is 0 Å². The fourth-order valence-electron chi connectivity index (χ4n) is 7.30. The van der Waals surface area contributed by atoms with Gasteiger partial charge in [-0.15, -0.1) is 0 Å². The van der Waals surface area contributed by atoms with Crippen LogP contribution in [0.5, 0.6) is 5.75 Å². The number of hydrazone groups is 1. The van der Waals surface area contributed by atoms with E-state index in [1.807, 2.05) is 95.3 Å². The van der Waals surface area contributed by atoms with E-state index >= 15 is 0 Å². The Bertz CT molecular complexity index is 2220. The molecule has 0 aliphatic carbocycles. The number of nitrogens with zero attached hydrogens (tertiary/aromatic N) is 3. The van der Waals surface area contributed by atoms with E-state index in [0.29, 0.717) is 79.4 Å². The lowest BCUT2D eigenvalue weighted by Gasteiger charge is -2.32. The molecule has 2 aliphatic heterocycles. The van der Waals surface area contributed by atoms with Crippen molar-refractivity contribution in [3.8, 4) is 5.75 Å². The summed E-state index contributed by atoms with van der Waals surface area (Å²) >= 11 is 0. The Kier molecular flexibility index (Phi) is 27.6. The molecule has 1 unspecified atom stereocenters. The van der Waals surface area contributed by atoms with Gasteiger partial charge in [-0.3, -0.25) is 24.6 Å². The van der Waals surface area contributed by atoms with E-state index in [2.05, 4.69) is 61.7 Å². The second kappa shape index (κ2) is 32.0. The summed E-state index contributed by atoms with van der Waals surface area (Å²) in [6, 6.07) is 23.0. The van der Waals surface area contributed by atoms with Crippen molar-refractivity contribution in [3.05, 3.63) is 107 Å². The number of methoxy groups -OCH3 is 1. The molecule has 0 radical (unpaired) electrons. The number of unbranched alkanes of at least 4 members (excludes halogenated alkanes) is 1. The van der Waals surface area contributed by atoms with Crippen molar-refractivity contribution >= 4 is 46.3 Å². The van der Waals surface area contributed by atoms with Crippen molar-refractivity contribution in [1.29, 1.82) is 0 Å². The number of Topliss-reactive ketones (excluding diaryl/α,β-unsaturated/α-hetero) is 1. The highest BCUT2D eigenvalue weighted by atomic mass is 16.5. The molecule has 1 atom stereocenters. The summed E-state index contributed by atoms with van der Waals surface area (Å²) in [5.74, 6) is 8.11. The van der Waals surface area contributed by atoms with Crippen LogP contribution in [-0.2, 0) is 30.5 Å². The molecule has 3 aromatic rings. The van der Waals surface area contributed by atoms with E-state index in [0.717, 1.165) is 59.5 Å². The standard InChI is InChI=1S/C33H47N5O4.C14H18N2O.C5H11NO.C4H10O/c1-6-25(39)22-38(35)32-26-12-8-7-11-24(26)21-37(28-14-10-9-13-27(28)31(32)34)30(41)16-15-29(40)36-19-18-33(4,5)42-20-17-23(2)3;1-10-4-5-11(2)15-16-14(10)12-6-8-13(17-3)9-7-12;1-4(2)3-5(6)7;1-2-3-4-5/h7-14,23H,6,15-22,34-35H2,1-5H3,(H,36,40);5-10,15H,4H2,1-3H3;4H,3H2,1-2H3,(H2,6,7);5H,2-4H2,1H3/b32-31-;;;. The maximum Gasteiger partial charge on any atom is 0.227 e. The van der Waals surface area contributed by atoms with Crippen LogP contribution in [0.1, 0.15) is 149 Å². The number of benzene rings is 3. The Morgan fingerprint density at radius 1 is 0.958 bits per heavy atom. The van der Waals surface area contributed by atoms with E-state index in [1.165, 1.54) is 5.01 Å². The molecule has 5 rings (SSSR count). The van der Waals surface area contributed by atoms with E-state index in [-0.39, 0.29) is 55.0 Å². The number of allylic oxidation sites excluding steroid dienone is 2. The van der Waals surface area contributed by atoms with Gasteiger partial charge in [0.15, 0.2) is 5.78 Å². The maximum atomic E-state index is 13.6. The lowest BCUT2D eigenvalue weighted by molar-refractivity contribution is -0.125. The Labute approximate surface area is 424 Å². The number of rotatable bonds is 20. The minimum absolute atomic E-state index is 0.0112. The Balaban J connectivity index is 0.000000481. The van der Waals surface area contributed by atoms with E-state index < -0.39 is 0 Å². The third kappa shape index (κ3) is 22.3. The molecule has 15 heteroatoms. The topological polar surface area (TPSA) is 228 Å². The number of hydrazine groups is 1. The van der Waals surface area contributed by atoms with Gasteiger partial charge in [0.2, 0.25) is 17.7 Å². The van der Waals surface area contributed by atoms with Crippen molar-refractivity contribution in [2.75, 3.05) is 38.3 Å². The number of ketones is 1. The number of ether oxygens (including phenoxy) is 2. The summed E-state index contributed by atoms with van der Waals surface area (Å²) in [4.78, 5) is 50.3. The molecule has 2 heterocycles. The van der Waals surface area contributed by atoms with Crippen LogP contribution in [0, 0.1) is 17.8 Å². The predicted octanol–water partition coefficient (Wildman–Crippen LogP) is 8.83. The first-order valence-electron chi connectivity index (χ1n) is 25.1.